The molecule has 5 heteroatoms. The summed E-state index contributed by atoms with van der Waals surface area (Å²) in [7, 11) is 0. The molecule has 4 rings (SSSR count). The van der Waals surface area contributed by atoms with Gasteiger partial charge in [0.2, 0.25) is 5.91 Å². The fourth-order valence-electron chi connectivity index (χ4n) is 4.01. The van der Waals surface area contributed by atoms with Crippen LogP contribution < -0.4 is 0 Å². The maximum atomic E-state index is 12.9. The highest BCUT2D eigenvalue weighted by atomic mass is 32.1. The number of fused-ring (bicyclic) bond motifs is 1. The summed E-state index contributed by atoms with van der Waals surface area (Å²) in [5.41, 5.74) is 1.36. The zero-order valence-corrected chi connectivity index (χ0v) is 14.9. The third-order valence-corrected chi connectivity index (χ3v) is 6.68. The summed E-state index contributed by atoms with van der Waals surface area (Å²) in [5, 5.41) is 2.16. The number of rotatable bonds is 3. The second kappa shape index (κ2) is 6.54. The minimum atomic E-state index is 0.0225. The van der Waals surface area contributed by atoms with Crippen LogP contribution in [0.25, 0.3) is 0 Å². The number of hydrogen-bond donors (Lipinski definition) is 0. The second-order valence-corrected chi connectivity index (χ2v) is 8.21. The molecule has 1 saturated carbocycles. The maximum Gasteiger partial charge on any atom is 0.239 e. The zero-order valence-electron chi connectivity index (χ0n) is 14.0. The molecule has 0 radical (unpaired) electrons. The van der Waals surface area contributed by atoms with Gasteiger partial charge in [0, 0.05) is 43.6 Å². The fraction of sp³-hybridized carbons (Fsp3) is 0.722. The van der Waals surface area contributed by atoms with E-state index in [1.165, 1.54) is 36.2 Å². The molecule has 3 heterocycles. The third kappa shape index (κ3) is 3.32. The van der Waals surface area contributed by atoms with Crippen molar-refractivity contribution >= 4 is 17.2 Å². The van der Waals surface area contributed by atoms with Crippen LogP contribution in [0.1, 0.15) is 36.6 Å². The quantitative estimate of drug-likeness (QED) is 0.848. The van der Waals surface area contributed by atoms with Crippen LogP contribution in [0.4, 0.5) is 0 Å². The summed E-state index contributed by atoms with van der Waals surface area (Å²) in [4.78, 5) is 21.5. The van der Waals surface area contributed by atoms with Crippen LogP contribution in [-0.2, 0) is 17.8 Å². The van der Waals surface area contributed by atoms with Crippen LogP contribution in [-0.4, -0.2) is 65.4 Å². The minimum Gasteiger partial charge on any atom is -0.337 e. The predicted octanol–water partition coefficient (Wildman–Crippen LogP) is 2.19. The molecule has 0 bridgehead atoms. The fourth-order valence-corrected chi connectivity index (χ4v) is 4.90. The predicted molar refractivity (Wildman–Crippen MR) is 93.7 cm³/mol. The zero-order chi connectivity index (χ0) is 15.8. The van der Waals surface area contributed by atoms with Crippen LogP contribution in [0.2, 0.25) is 0 Å². The molecule has 2 fully saturated rings. The average Bonchev–Trinajstić information content (AvgIpc) is 3.34. The first-order chi connectivity index (χ1) is 11.2. The number of nitrogens with zero attached hydrogens (tertiary/aromatic N) is 3. The highest BCUT2D eigenvalue weighted by Gasteiger charge is 2.33. The van der Waals surface area contributed by atoms with Crippen molar-refractivity contribution in [2.75, 3.05) is 32.7 Å². The standard InChI is InChI=1S/C18H27N3OS/c1-14(19-7-2-8-20(11-10-19)16-3-4-16)18(22)21-9-5-17-15(13-21)6-12-23-17/h6,12,14,16H,2-5,7-11,13H2,1H3. The summed E-state index contributed by atoms with van der Waals surface area (Å²) in [6.07, 6.45) is 4.99. The van der Waals surface area contributed by atoms with Gasteiger partial charge in [-0.1, -0.05) is 0 Å². The molecule has 1 aromatic heterocycles. The normalized spacial score (nSPS) is 25.0. The number of carbonyl (C=O) groups excluding carboxylic acids is 1. The number of thiophene rings is 1. The van der Waals surface area contributed by atoms with Gasteiger partial charge in [0.1, 0.15) is 0 Å². The van der Waals surface area contributed by atoms with Crippen LogP contribution in [0.15, 0.2) is 11.4 Å². The first kappa shape index (κ1) is 15.6. The van der Waals surface area contributed by atoms with Crippen molar-refractivity contribution in [1.29, 1.82) is 0 Å². The van der Waals surface area contributed by atoms with Gasteiger partial charge in [0.15, 0.2) is 0 Å². The van der Waals surface area contributed by atoms with Crippen molar-refractivity contribution in [3.8, 4) is 0 Å². The lowest BCUT2D eigenvalue weighted by atomic mass is 10.1. The van der Waals surface area contributed by atoms with E-state index in [9.17, 15) is 4.79 Å². The SMILES string of the molecule is CC(C(=O)N1CCc2sccc2C1)N1CCCN(C2CC2)CC1. The largest absolute Gasteiger partial charge is 0.337 e. The Bertz CT molecular complexity index is 568. The molecule has 3 aliphatic rings. The van der Waals surface area contributed by atoms with Crippen molar-refractivity contribution in [3.05, 3.63) is 21.9 Å². The van der Waals surface area contributed by atoms with E-state index in [0.717, 1.165) is 45.2 Å². The molecular formula is C18H27N3OS. The summed E-state index contributed by atoms with van der Waals surface area (Å²) >= 11 is 1.83. The Balaban J connectivity index is 1.36. The van der Waals surface area contributed by atoms with Crippen LogP contribution >= 0.6 is 11.3 Å². The Kier molecular flexibility index (Phi) is 4.43. The smallest absolute Gasteiger partial charge is 0.239 e. The van der Waals surface area contributed by atoms with Gasteiger partial charge < -0.3 is 4.90 Å². The molecule has 0 aromatic carbocycles. The lowest BCUT2D eigenvalue weighted by molar-refractivity contribution is -0.137. The molecule has 1 atom stereocenters. The summed E-state index contributed by atoms with van der Waals surface area (Å²) < 4.78 is 0. The molecule has 0 spiro atoms. The molecule has 1 unspecified atom stereocenters. The summed E-state index contributed by atoms with van der Waals surface area (Å²) in [6.45, 7) is 8.26. The molecule has 2 aliphatic heterocycles. The summed E-state index contributed by atoms with van der Waals surface area (Å²) in [6, 6.07) is 3.05. The van der Waals surface area contributed by atoms with Gasteiger partial charge in [-0.3, -0.25) is 14.6 Å². The van der Waals surface area contributed by atoms with Gasteiger partial charge in [-0.05, 0) is 56.2 Å². The average molecular weight is 334 g/mol. The van der Waals surface area contributed by atoms with E-state index in [-0.39, 0.29) is 6.04 Å². The minimum absolute atomic E-state index is 0.0225. The topological polar surface area (TPSA) is 26.8 Å². The highest BCUT2D eigenvalue weighted by Crippen LogP contribution is 2.28. The Morgan fingerprint density at radius 1 is 1.22 bits per heavy atom. The second-order valence-electron chi connectivity index (χ2n) is 7.21. The Labute approximate surface area is 143 Å². The molecule has 1 aromatic rings. The van der Waals surface area contributed by atoms with Gasteiger partial charge in [0.25, 0.3) is 0 Å². The van der Waals surface area contributed by atoms with Gasteiger partial charge in [-0.15, -0.1) is 11.3 Å². The number of carbonyl (C=O) groups is 1. The molecule has 126 valence electrons. The molecule has 4 nitrogen and oxygen atoms in total. The van der Waals surface area contributed by atoms with Crippen molar-refractivity contribution in [1.82, 2.24) is 14.7 Å². The van der Waals surface area contributed by atoms with Gasteiger partial charge in [-0.25, -0.2) is 0 Å². The Hall–Kier alpha value is -0.910. The molecule has 23 heavy (non-hydrogen) atoms. The van der Waals surface area contributed by atoms with Crippen molar-refractivity contribution < 1.29 is 4.79 Å². The maximum absolute atomic E-state index is 12.9. The van der Waals surface area contributed by atoms with E-state index in [0.29, 0.717) is 5.91 Å². The Morgan fingerprint density at radius 3 is 2.91 bits per heavy atom. The summed E-state index contributed by atoms with van der Waals surface area (Å²) in [5.74, 6) is 0.321. The molecular weight excluding hydrogens is 306 g/mol. The molecule has 1 saturated heterocycles. The van der Waals surface area contributed by atoms with Crippen molar-refractivity contribution in [2.24, 2.45) is 0 Å². The molecule has 1 aliphatic carbocycles. The van der Waals surface area contributed by atoms with E-state index >= 15 is 0 Å². The van der Waals surface area contributed by atoms with E-state index in [1.54, 1.807) is 0 Å². The highest BCUT2D eigenvalue weighted by molar-refractivity contribution is 7.10. The van der Waals surface area contributed by atoms with Gasteiger partial charge in [0.05, 0.1) is 6.04 Å². The molecule has 0 N–H and O–H groups in total. The van der Waals surface area contributed by atoms with E-state index in [2.05, 4.69) is 33.1 Å². The van der Waals surface area contributed by atoms with Crippen LogP contribution in [0, 0.1) is 0 Å². The lowest BCUT2D eigenvalue weighted by Crippen LogP contribution is -2.49. The first-order valence-electron chi connectivity index (χ1n) is 9.04. The Morgan fingerprint density at radius 2 is 2.09 bits per heavy atom. The van der Waals surface area contributed by atoms with E-state index < -0.39 is 0 Å². The van der Waals surface area contributed by atoms with Crippen LogP contribution in [0.3, 0.4) is 0 Å². The van der Waals surface area contributed by atoms with Crippen LogP contribution in [0.5, 0.6) is 0 Å². The number of amides is 1. The van der Waals surface area contributed by atoms with E-state index in [1.807, 2.05) is 11.3 Å². The monoisotopic (exact) mass is 333 g/mol. The van der Waals surface area contributed by atoms with Gasteiger partial charge >= 0.3 is 0 Å². The van der Waals surface area contributed by atoms with Crippen molar-refractivity contribution in [3.63, 3.8) is 0 Å². The van der Waals surface area contributed by atoms with E-state index in [4.69, 9.17) is 0 Å². The van der Waals surface area contributed by atoms with Crippen molar-refractivity contribution in [2.45, 2.75) is 51.2 Å². The lowest BCUT2D eigenvalue weighted by Gasteiger charge is -2.34. The first-order valence-corrected chi connectivity index (χ1v) is 9.92. The van der Waals surface area contributed by atoms with Gasteiger partial charge in [-0.2, -0.15) is 0 Å². The third-order valence-electron chi connectivity index (χ3n) is 5.65. The molecule has 1 amide bonds. The number of hydrogen-bond acceptors (Lipinski definition) is 4.